The zero-order valence-electron chi connectivity index (χ0n) is 14.0. The second kappa shape index (κ2) is 7.77. The summed E-state index contributed by atoms with van der Waals surface area (Å²) in [7, 11) is 0. The molecule has 27 heavy (non-hydrogen) atoms. The molecular weight excluding hydrogens is 374 g/mol. The van der Waals surface area contributed by atoms with Crippen molar-refractivity contribution >= 4 is 0 Å². The van der Waals surface area contributed by atoms with Gasteiger partial charge >= 0.3 is 6.36 Å². The molecule has 9 heteroatoms. The van der Waals surface area contributed by atoms with Crippen molar-refractivity contribution in [2.75, 3.05) is 26.2 Å². The van der Waals surface area contributed by atoms with Crippen molar-refractivity contribution in [2.45, 2.75) is 12.4 Å². The fraction of sp³-hybridized carbons (Fsp3) is 0.333. The summed E-state index contributed by atoms with van der Waals surface area (Å²) in [4.78, 5) is 1.79. The Morgan fingerprint density at radius 3 is 2.00 bits per heavy atom. The Kier molecular flexibility index (Phi) is 5.61. The van der Waals surface area contributed by atoms with Gasteiger partial charge in [-0.15, -0.1) is 13.2 Å². The van der Waals surface area contributed by atoms with E-state index in [1.807, 2.05) is 0 Å². The number of hydrogen-bond acceptors (Lipinski definition) is 3. The van der Waals surface area contributed by atoms with Gasteiger partial charge < -0.3 is 10.1 Å². The van der Waals surface area contributed by atoms with Crippen LogP contribution in [0, 0.1) is 17.5 Å². The summed E-state index contributed by atoms with van der Waals surface area (Å²) in [6.07, 6.45) is -4.84. The molecule has 2 aromatic rings. The number of rotatable bonds is 4. The van der Waals surface area contributed by atoms with E-state index in [-0.39, 0.29) is 5.56 Å². The number of halogens is 6. The first-order valence-corrected chi connectivity index (χ1v) is 8.19. The predicted octanol–water partition coefficient (Wildman–Crippen LogP) is 4.00. The quantitative estimate of drug-likeness (QED) is 0.799. The average molecular weight is 390 g/mol. The molecule has 1 fully saturated rings. The Morgan fingerprint density at radius 1 is 0.926 bits per heavy atom. The van der Waals surface area contributed by atoms with Gasteiger partial charge in [0.05, 0.1) is 6.04 Å². The standard InChI is InChI=1S/C18H16F6N2O/c19-12-9-14(20)16(15(21)10-12)17(26-7-5-25-6-8-26)11-1-3-13(4-2-11)27-18(22,23)24/h1-4,9-10,17,25H,5-8H2/t17-/m0/s1. The number of hydrogen-bond donors (Lipinski definition) is 1. The fourth-order valence-electron chi connectivity index (χ4n) is 3.17. The summed E-state index contributed by atoms with van der Waals surface area (Å²) in [5.74, 6) is -3.58. The molecule has 1 atom stereocenters. The Balaban J connectivity index is 2.00. The number of alkyl halides is 3. The SMILES string of the molecule is Fc1cc(F)c([C@H](c2ccc(OC(F)(F)F)cc2)N2CCNCC2)c(F)c1. The van der Waals surface area contributed by atoms with E-state index < -0.39 is 35.6 Å². The van der Waals surface area contributed by atoms with Crippen LogP contribution in [0.25, 0.3) is 0 Å². The highest BCUT2D eigenvalue weighted by Gasteiger charge is 2.32. The van der Waals surface area contributed by atoms with Gasteiger partial charge in [-0.2, -0.15) is 0 Å². The van der Waals surface area contributed by atoms with Crippen LogP contribution in [0.15, 0.2) is 36.4 Å². The molecule has 0 aliphatic carbocycles. The molecule has 1 heterocycles. The van der Waals surface area contributed by atoms with Gasteiger partial charge in [0.1, 0.15) is 23.2 Å². The number of nitrogens with one attached hydrogen (secondary N) is 1. The zero-order chi connectivity index (χ0) is 19.6. The number of benzene rings is 2. The third kappa shape index (κ3) is 4.72. The molecule has 1 aliphatic rings. The summed E-state index contributed by atoms with van der Waals surface area (Å²) in [5, 5.41) is 3.11. The van der Waals surface area contributed by atoms with E-state index in [0.29, 0.717) is 43.9 Å². The molecule has 2 aromatic carbocycles. The second-order valence-electron chi connectivity index (χ2n) is 6.09. The molecule has 3 nitrogen and oxygen atoms in total. The van der Waals surface area contributed by atoms with Gasteiger partial charge in [-0.05, 0) is 17.7 Å². The van der Waals surface area contributed by atoms with Crippen molar-refractivity contribution in [2.24, 2.45) is 0 Å². The van der Waals surface area contributed by atoms with Crippen molar-refractivity contribution < 1.29 is 31.1 Å². The lowest BCUT2D eigenvalue weighted by Gasteiger charge is -2.35. The van der Waals surface area contributed by atoms with Crippen molar-refractivity contribution in [1.82, 2.24) is 10.2 Å². The van der Waals surface area contributed by atoms with Crippen LogP contribution < -0.4 is 10.1 Å². The van der Waals surface area contributed by atoms with Crippen LogP contribution in [0.2, 0.25) is 0 Å². The van der Waals surface area contributed by atoms with E-state index in [1.165, 1.54) is 12.1 Å². The third-order valence-corrected chi connectivity index (χ3v) is 4.26. The van der Waals surface area contributed by atoms with Crippen molar-refractivity contribution in [1.29, 1.82) is 0 Å². The summed E-state index contributed by atoms with van der Waals surface area (Å²) < 4.78 is 82.9. The molecule has 146 valence electrons. The zero-order valence-corrected chi connectivity index (χ0v) is 14.0. The lowest BCUT2D eigenvalue weighted by Crippen LogP contribution is -2.45. The average Bonchev–Trinajstić information content (AvgIpc) is 2.58. The molecule has 0 unspecified atom stereocenters. The van der Waals surface area contributed by atoms with Crippen LogP contribution in [-0.4, -0.2) is 37.4 Å². The minimum Gasteiger partial charge on any atom is -0.406 e. The van der Waals surface area contributed by atoms with Crippen LogP contribution in [-0.2, 0) is 0 Å². The normalized spacial score (nSPS) is 17.0. The van der Waals surface area contributed by atoms with Crippen LogP contribution >= 0.6 is 0 Å². The van der Waals surface area contributed by atoms with E-state index in [2.05, 4.69) is 10.1 Å². The second-order valence-corrected chi connectivity index (χ2v) is 6.09. The molecule has 1 saturated heterocycles. The molecule has 3 rings (SSSR count). The monoisotopic (exact) mass is 390 g/mol. The minimum atomic E-state index is -4.84. The van der Waals surface area contributed by atoms with Gasteiger partial charge in [0.25, 0.3) is 0 Å². The summed E-state index contributed by atoms with van der Waals surface area (Å²) >= 11 is 0. The number of piperazine rings is 1. The van der Waals surface area contributed by atoms with Gasteiger partial charge in [0.15, 0.2) is 0 Å². The molecule has 0 radical (unpaired) electrons. The number of nitrogens with zero attached hydrogens (tertiary/aromatic N) is 1. The molecule has 1 N–H and O–H groups in total. The fourth-order valence-corrected chi connectivity index (χ4v) is 3.17. The van der Waals surface area contributed by atoms with Gasteiger partial charge in [0, 0.05) is 43.9 Å². The predicted molar refractivity (Wildman–Crippen MR) is 85.7 cm³/mol. The van der Waals surface area contributed by atoms with Gasteiger partial charge in [0.2, 0.25) is 0 Å². The Bertz CT molecular complexity index is 764. The van der Waals surface area contributed by atoms with Crippen LogP contribution in [0.5, 0.6) is 5.75 Å². The number of ether oxygens (including phenoxy) is 1. The molecule has 0 aromatic heterocycles. The van der Waals surface area contributed by atoms with E-state index in [1.54, 1.807) is 4.90 Å². The Morgan fingerprint density at radius 2 is 1.48 bits per heavy atom. The lowest BCUT2D eigenvalue weighted by molar-refractivity contribution is -0.274. The van der Waals surface area contributed by atoms with E-state index in [4.69, 9.17) is 0 Å². The minimum absolute atomic E-state index is 0.345. The Hall–Kier alpha value is -2.26. The first-order valence-electron chi connectivity index (χ1n) is 8.19. The van der Waals surface area contributed by atoms with Crippen LogP contribution in [0.3, 0.4) is 0 Å². The molecule has 1 aliphatic heterocycles. The summed E-state index contributed by atoms with van der Waals surface area (Å²) in [6, 6.07) is 5.07. The first kappa shape index (κ1) is 19.5. The first-order chi connectivity index (χ1) is 12.7. The van der Waals surface area contributed by atoms with Crippen LogP contribution in [0.1, 0.15) is 17.2 Å². The highest BCUT2D eigenvalue weighted by Crippen LogP contribution is 2.34. The molecule has 0 bridgehead atoms. The lowest BCUT2D eigenvalue weighted by atomic mass is 9.95. The maximum atomic E-state index is 14.4. The summed E-state index contributed by atoms with van der Waals surface area (Å²) in [5.41, 5.74) is 0.0265. The van der Waals surface area contributed by atoms with Gasteiger partial charge in [-0.1, -0.05) is 12.1 Å². The van der Waals surface area contributed by atoms with E-state index in [9.17, 15) is 26.3 Å². The highest BCUT2D eigenvalue weighted by molar-refractivity contribution is 5.37. The molecule has 0 saturated carbocycles. The summed E-state index contributed by atoms with van der Waals surface area (Å²) in [6.45, 7) is 2.08. The van der Waals surface area contributed by atoms with Crippen molar-refractivity contribution in [3.05, 3.63) is 65.0 Å². The maximum absolute atomic E-state index is 14.4. The molecule has 0 amide bonds. The van der Waals surface area contributed by atoms with Crippen molar-refractivity contribution in [3.8, 4) is 5.75 Å². The topological polar surface area (TPSA) is 24.5 Å². The van der Waals surface area contributed by atoms with E-state index >= 15 is 0 Å². The van der Waals surface area contributed by atoms with Crippen LogP contribution in [0.4, 0.5) is 26.3 Å². The highest BCUT2D eigenvalue weighted by atomic mass is 19.4. The van der Waals surface area contributed by atoms with E-state index in [0.717, 1.165) is 12.1 Å². The Labute approximate surface area is 151 Å². The third-order valence-electron chi connectivity index (χ3n) is 4.26. The molecular formula is C18H16F6N2O. The van der Waals surface area contributed by atoms with Gasteiger partial charge in [-0.25, -0.2) is 13.2 Å². The molecule has 0 spiro atoms. The smallest absolute Gasteiger partial charge is 0.406 e. The van der Waals surface area contributed by atoms with Gasteiger partial charge in [-0.3, -0.25) is 4.90 Å². The maximum Gasteiger partial charge on any atom is 0.573 e. The largest absolute Gasteiger partial charge is 0.573 e. The van der Waals surface area contributed by atoms with Crippen molar-refractivity contribution in [3.63, 3.8) is 0 Å².